The van der Waals surface area contributed by atoms with E-state index in [1.807, 2.05) is 6.92 Å². The molecule has 1 rings (SSSR count). The van der Waals surface area contributed by atoms with E-state index in [0.29, 0.717) is 6.42 Å². The highest BCUT2D eigenvalue weighted by molar-refractivity contribution is 7.89. The summed E-state index contributed by atoms with van der Waals surface area (Å²) in [5, 5.41) is -0.202. The summed E-state index contributed by atoms with van der Waals surface area (Å²) in [4.78, 5) is -0.0285. The number of halogens is 2. The molecule has 1 N–H and O–H groups in total. The zero-order valence-electron chi connectivity index (χ0n) is 9.00. The van der Waals surface area contributed by atoms with Gasteiger partial charge in [-0.15, -0.1) is 0 Å². The average Bonchev–Trinajstić information content (AvgIpc) is 2.21. The average molecular weight is 266 g/mol. The predicted molar refractivity (Wildman–Crippen MR) is 61.5 cm³/mol. The fourth-order valence-electron chi connectivity index (χ4n) is 1.06. The number of nitrogens with one attached hydrogen (secondary N) is 1. The van der Waals surface area contributed by atoms with Gasteiger partial charge in [0.1, 0.15) is 5.82 Å². The van der Waals surface area contributed by atoms with Gasteiger partial charge in [0, 0.05) is 6.04 Å². The van der Waals surface area contributed by atoms with Gasteiger partial charge in [0.25, 0.3) is 0 Å². The molecule has 16 heavy (non-hydrogen) atoms. The predicted octanol–water partition coefficient (Wildman–Crippen LogP) is 2.56. The smallest absolute Gasteiger partial charge is 0.208 e. The Labute approximate surface area is 99.7 Å². The molecule has 0 fully saturated rings. The molecule has 0 bridgehead atoms. The molecule has 1 unspecified atom stereocenters. The van der Waals surface area contributed by atoms with Crippen LogP contribution >= 0.6 is 11.6 Å². The summed E-state index contributed by atoms with van der Waals surface area (Å²) in [6.45, 7) is 3.62. The molecule has 0 spiro atoms. The van der Waals surface area contributed by atoms with Gasteiger partial charge >= 0.3 is 0 Å². The highest BCUT2D eigenvalue weighted by Crippen LogP contribution is 2.19. The zero-order chi connectivity index (χ0) is 12.3. The first-order chi connectivity index (χ1) is 7.36. The van der Waals surface area contributed by atoms with Crippen LogP contribution in [0.1, 0.15) is 20.3 Å². The van der Waals surface area contributed by atoms with Gasteiger partial charge in [-0.25, -0.2) is 17.5 Å². The van der Waals surface area contributed by atoms with E-state index < -0.39 is 15.8 Å². The van der Waals surface area contributed by atoms with E-state index in [1.54, 1.807) is 6.92 Å². The molecule has 0 aliphatic carbocycles. The maximum absolute atomic E-state index is 12.9. The second kappa shape index (κ2) is 5.12. The van der Waals surface area contributed by atoms with Gasteiger partial charge < -0.3 is 0 Å². The van der Waals surface area contributed by atoms with Crippen LogP contribution in [0.15, 0.2) is 23.1 Å². The van der Waals surface area contributed by atoms with Crippen LogP contribution in [0.3, 0.4) is 0 Å². The molecule has 0 amide bonds. The largest absolute Gasteiger partial charge is 0.240 e. The fraction of sp³-hybridized carbons (Fsp3) is 0.400. The Bertz CT molecular complexity index is 476. The van der Waals surface area contributed by atoms with Crippen molar-refractivity contribution in [2.24, 2.45) is 0 Å². The minimum Gasteiger partial charge on any atom is -0.208 e. The summed E-state index contributed by atoms with van der Waals surface area (Å²) in [5.74, 6) is -0.635. The summed E-state index contributed by atoms with van der Waals surface area (Å²) in [6.07, 6.45) is 0.675. The molecule has 1 aromatic rings. The molecule has 3 nitrogen and oxygen atoms in total. The number of benzene rings is 1. The third kappa shape index (κ3) is 3.17. The van der Waals surface area contributed by atoms with Crippen molar-refractivity contribution < 1.29 is 12.8 Å². The van der Waals surface area contributed by atoms with E-state index in [9.17, 15) is 12.8 Å². The van der Waals surface area contributed by atoms with E-state index in [4.69, 9.17) is 11.6 Å². The normalized spacial score (nSPS) is 13.8. The summed E-state index contributed by atoms with van der Waals surface area (Å²) in [5.41, 5.74) is 0. The number of hydrogen-bond donors (Lipinski definition) is 1. The van der Waals surface area contributed by atoms with Gasteiger partial charge in [-0.3, -0.25) is 0 Å². The van der Waals surface area contributed by atoms with Gasteiger partial charge in [0.2, 0.25) is 10.0 Å². The molecule has 0 aliphatic rings. The van der Waals surface area contributed by atoms with Crippen molar-refractivity contribution in [1.29, 1.82) is 0 Å². The van der Waals surface area contributed by atoms with Crippen molar-refractivity contribution >= 4 is 21.6 Å². The fourth-order valence-corrected chi connectivity index (χ4v) is 2.66. The van der Waals surface area contributed by atoms with Crippen molar-refractivity contribution in [1.82, 2.24) is 4.72 Å². The molecule has 0 aromatic heterocycles. The molecule has 1 aromatic carbocycles. The van der Waals surface area contributed by atoms with Crippen LogP contribution < -0.4 is 4.72 Å². The van der Waals surface area contributed by atoms with Crippen LogP contribution in [0, 0.1) is 5.82 Å². The second-order valence-electron chi connectivity index (χ2n) is 3.51. The van der Waals surface area contributed by atoms with Crippen LogP contribution in [0.5, 0.6) is 0 Å². The SMILES string of the molecule is CCC(C)NS(=O)(=O)c1ccc(F)c(Cl)c1. The molecule has 0 radical (unpaired) electrons. The quantitative estimate of drug-likeness (QED) is 0.909. The van der Waals surface area contributed by atoms with E-state index in [-0.39, 0.29) is 16.0 Å². The van der Waals surface area contributed by atoms with Gasteiger partial charge in [0.15, 0.2) is 0 Å². The van der Waals surface area contributed by atoms with Crippen molar-refractivity contribution in [3.8, 4) is 0 Å². The topological polar surface area (TPSA) is 46.2 Å². The minimum absolute atomic E-state index is 0.0285. The number of sulfonamides is 1. The Hall–Kier alpha value is -0.650. The van der Waals surface area contributed by atoms with Crippen molar-refractivity contribution in [2.75, 3.05) is 0 Å². The van der Waals surface area contributed by atoms with Crippen LogP contribution in [-0.4, -0.2) is 14.5 Å². The highest BCUT2D eigenvalue weighted by atomic mass is 35.5. The Balaban J connectivity index is 3.03. The van der Waals surface area contributed by atoms with Crippen LogP contribution in [0.4, 0.5) is 4.39 Å². The first-order valence-corrected chi connectivity index (χ1v) is 6.70. The zero-order valence-corrected chi connectivity index (χ0v) is 10.6. The van der Waals surface area contributed by atoms with Gasteiger partial charge in [0.05, 0.1) is 9.92 Å². The molecule has 1 atom stereocenters. The van der Waals surface area contributed by atoms with Crippen molar-refractivity contribution in [3.05, 3.63) is 29.0 Å². The summed E-state index contributed by atoms with van der Waals surface area (Å²) in [6, 6.07) is 3.15. The number of hydrogen-bond acceptors (Lipinski definition) is 2. The lowest BCUT2D eigenvalue weighted by Gasteiger charge is -2.12. The maximum Gasteiger partial charge on any atom is 0.240 e. The van der Waals surface area contributed by atoms with Crippen LogP contribution in [0.25, 0.3) is 0 Å². The Morgan fingerprint density at radius 2 is 2.12 bits per heavy atom. The molecule has 0 saturated carbocycles. The third-order valence-corrected chi connectivity index (χ3v) is 4.05. The van der Waals surface area contributed by atoms with E-state index in [2.05, 4.69) is 4.72 Å². The molecule has 0 heterocycles. The standard InChI is InChI=1S/C10H13ClFNO2S/c1-3-7(2)13-16(14,15)8-4-5-10(12)9(11)6-8/h4-7,13H,3H2,1-2H3. The lowest BCUT2D eigenvalue weighted by Crippen LogP contribution is -2.32. The molecular weight excluding hydrogens is 253 g/mol. The third-order valence-electron chi connectivity index (χ3n) is 2.17. The highest BCUT2D eigenvalue weighted by Gasteiger charge is 2.17. The van der Waals surface area contributed by atoms with E-state index in [0.717, 1.165) is 12.1 Å². The van der Waals surface area contributed by atoms with Crippen LogP contribution in [-0.2, 0) is 10.0 Å². The van der Waals surface area contributed by atoms with Gasteiger partial charge in [-0.2, -0.15) is 0 Å². The lowest BCUT2D eigenvalue weighted by molar-refractivity contribution is 0.555. The van der Waals surface area contributed by atoms with Crippen molar-refractivity contribution in [3.63, 3.8) is 0 Å². The van der Waals surface area contributed by atoms with Gasteiger partial charge in [-0.05, 0) is 31.5 Å². The van der Waals surface area contributed by atoms with E-state index >= 15 is 0 Å². The Kier molecular flexibility index (Phi) is 4.29. The maximum atomic E-state index is 12.9. The lowest BCUT2D eigenvalue weighted by atomic mass is 10.3. The Morgan fingerprint density at radius 3 is 2.62 bits per heavy atom. The van der Waals surface area contributed by atoms with Crippen LogP contribution in [0.2, 0.25) is 5.02 Å². The molecule has 6 heteroatoms. The van der Waals surface area contributed by atoms with Crippen molar-refractivity contribution in [2.45, 2.75) is 31.2 Å². The number of rotatable bonds is 4. The monoisotopic (exact) mass is 265 g/mol. The second-order valence-corrected chi connectivity index (χ2v) is 5.63. The first-order valence-electron chi connectivity index (χ1n) is 4.84. The summed E-state index contributed by atoms with van der Waals surface area (Å²) < 4.78 is 38.9. The molecule has 90 valence electrons. The minimum atomic E-state index is -3.61. The summed E-state index contributed by atoms with van der Waals surface area (Å²) in [7, 11) is -3.61. The van der Waals surface area contributed by atoms with Gasteiger partial charge in [-0.1, -0.05) is 18.5 Å². The molecular formula is C10H13ClFNO2S. The summed E-state index contributed by atoms with van der Waals surface area (Å²) >= 11 is 5.52. The molecule has 0 saturated heterocycles. The van der Waals surface area contributed by atoms with E-state index in [1.165, 1.54) is 6.07 Å². The first kappa shape index (κ1) is 13.4. The Morgan fingerprint density at radius 1 is 1.50 bits per heavy atom. The molecule has 0 aliphatic heterocycles.